The van der Waals surface area contributed by atoms with Crippen LogP contribution >= 0.6 is 0 Å². The minimum atomic E-state index is -0.900. The van der Waals surface area contributed by atoms with Crippen LogP contribution in [0.5, 0.6) is 0 Å². The van der Waals surface area contributed by atoms with Gasteiger partial charge in [0.2, 0.25) is 5.91 Å². The number of carbonyl (C=O) groups is 4. The number of hydrogen-bond acceptors (Lipinski definition) is 4. The smallest absolute Gasteiger partial charge is 0.325 e. The number of anilines is 1. The molecule has 4 rings (SSSR count). The highest BCUT2D eigenvalue weighted by Crippen LogP contribution is 2.32. The minimum absolute atomic E-state index is 0.224. The second kappa shape index (κ2) is 10.7. The number of para-hydroxylation sites is 1. The van der Waals surface area contributed by atoms with E-state index >= 15 is 0 Å². The Labute approximate surface area is 205 Å². The third kappa shape index (κ3) is 5.53. The number of rotatable bonds is 6. The van der Waals surface area contributed by atoms with Gasteiger partial charge in [0.05, 0.1) is 17.3 Å². The molecular formula is C27H32N4O4. The summed E-state index contributed by atoms with van der Waals surface area (Å²) in [5.74, 6) is -1.20. The molecule has 1 saturated heterocycles. The van der Waals surface area contributed by atoms with Gasteiger partial charge < -0.3 is 16.0 Å². The zero-order valence-electron chi connectivity index (χ0n) is 20.0. The fraction of sp³-hybridized carbons (Fsp3) is 0.407. The normalized spacial score (nSPS) is 18.4. The number of nitrogens with zero attached hydrogens (tertiary/aromatic N) is 1. The SMILES string of the molecule is CC(NC(=O)c1ccccc1NC(=O)CN1C(=O)NC2(CCCCCCC2)C1=O)c1ccccc1. The predicted octanol–water partition coefficient (Wildman–Crippen LogP) is 4.15. The average molecular weight is 477 g/mol. The van der Waals surface area contributed by atoms with E-state index in [1.54, 1.807) is 24.3 Å². The molecule has 2 aliphatic rings. The molecule has 0 aromatic heterocycles. The number of benzene rings is 2. The number of carbonyl (C=O) groups excluding carboxylic acids is 4. The third-order valence-electron chi connectivity index (χ3n) is 6.85. The first-order valence-electron chi connectivity index (χ1n) is 12.3. The van der Waals surface area contributed by atoms with Crippen LogP contribution < -0.4 is 16.0 Å². The van der Waals surface area contributed by atoms with Crippen molar-refractivity contribution in [1.82, 2.24) is 15.5 Å². The van der Waals surface area contributed by atoms with Crippen molar-refractivity contribution in [3.8, 4) is 0 Å². The lowest BCUT2D eigenvalue weighted by Crippen LogP contribution is -2.47. The third-order valence-corrected chi connectivity index (χ3v) is 6.85. The van der Waals surface area contributed by atoms with Gasteiger partial charge in [-0.3, -0.25) is 19.3 Å². The molecule has 2 aromatic carbocycles. The van der Waals surface area contributed by atoms with Gasteiger partial charge in [-0.25, -0.2) is 4.79 Å². The number of imide groups is 1. The van der Waals surface area contributed by atoms with Crippen LogP contribution in [-0.4, -0.2) is 40.7 Å². The maximum atomic E-state index is 13.2. The van der Waals surface area contributed by atoms with E-state index in [9.17, 15) is 19.2 Å². The summed E-state index contributed by atoms with van der Waals surface area (Å²) in [5.41, 5.74) is 0.688. The van der Waals surface area contributed by atoms with Gasteiger partial charge in [-0.15, -0.1) is 0 Å². The van der Waals surface area contributed by atoms with Crippen LogP contribution in [0, 0.1) is 0 Å². The summed E-state index contributed by atoms with van der Waals surface area (Å²) in [6.07, 6.45) is 6.14. The highest BCUT2D eigenvalue weighted by atomic mass is 16.2. The Morgan fingerprint density at radius 2 is 1.57 bits per heavy atom. The van der Waals surface area contributed by atoms with E-state index in [-0.39, 0.29) is 17.9 Å². The van der Waals surface area contributed by atoms with Gasteiger partial charge >= 0.3 is 6.03 Å². The summed E-state index contributed by atoms with van der Waals surface area (Å²) in [5, 5.41) is 8.52. The first kappa shape index (κ1) is 24.4. The summed E-state index contributed by atoms with van der Waals surface area (Å²) in [7, 11) is 0. The number of nitrogens with one attached hydrogen (secondary N) is 3. The van der Waals surface area contributed by atoms with Crippen LogP contribution in [0.25, 0.3) is 0 Å². The topological polar surface area (TPSA) is 108 Å². The molecule has 184 valence electrons. The highest BCUT2D eigenvalue weighted by molar-refractivity contribution is 6.11. The molecule has 8 nitrogen and oxygen atoms in total. The van der Waals surface area contributed by atoms with E-state index in [1.807, 2.05) is 37.3 Å². The van der Waals surface area contributed by atoms with E-state index in [4.69, 9.17) is 0 Å². The van der Waals surface area contributed by atoms with Crippen LogP contribution in [0.2, 0.25) is 0 Å². The molecule has 1 spiro atoms. The second-order valence-corrected chi connectivity index (χ2v) is 9.37. The standard InChI is InChI=1S/C27H32N4O4/c1-19(20-12-6-5-7-13-20)28-24(33)21-14-8-9-15-22(21)29-23(32)18-31-25(34)27(30-26(31)35)16-10-3-2-4-11-17-27/h5-9,12-15,19H,2-4,10-11,16-18H2,1H3,(H,28,33)(H,29,32)(H,30,35). The molecule has 0 radical (unpaired) electrons. The summed E-state index contributed by atoms with van der Waals surface area (Å²) >= 11 is 0. The van der Waals surface area contributed by atoms with E-state index in [0.29, 0.717) is 24.1 Å². The number of hydrogen-bond donors (Lipinski definition) is 3. The molecule has 8 heteroatoms. The van der Waals surface area contributed by atoms with E-state index in [0.717, 1.165) is 42.6 Å². The molecule has 1 atom stereocenters. The van der Waals surface area contributed by atoms with Crippen LogP contribution in [0.1, 0.15) is 73.8 Å². The molecule has 1 unspecified atom stereocenters. The van der Waals surface area contributed by atoms with Gasteiger partial charge in [0.1, 0.15) is 12.1 Å². The first-order valence-corrected chi connectivity index (χ1v) is 12.3. The summed E-state index contributed by atoms with van der Waals surface area (Å²) in [6, 6.07) is 15.5. The Kier molecular flexibility index (Phi) is 7.48. The molecule has 5 amide bonds. The number of amides is 5. The van der Waals surface area contributed by atoms with Crippen molar-refractivity contribution in [2.45, 2.75) is 63.5 Å². The second-order valence-electron chi connectivity index (χ2n) is 9.37. The van der Waals surface area contributed by atoms with Crippen molar-refractivity contribution in [2.75, 3.05) is 11.9 Å². The minimum Gasteiger partial charge on any atom is -0.345 e. The molecule has 1 saturated carbocycles. The Morgan fingerprint density at radius 1 is 0.943 bits per heavy atom. The Balaban J connectivity index is 1.42. The number of urea groups is 1. The van der Waals surface area contributed by atoms with Crippen molar-refractivity contribution in [1.29, 1.82) is 0 Å². The molecule has 2 fully saturated rings. The Morgan fingerprint density at radius 3 is 2.29 bits per heavy atom. The lowest BCUT2D eigenvalue weighted by atomic mass is 9.84. The van der Waals surface area contributed by atoms with Gasteiger partial charge in [-0.2, -0.15) is 0 Å². The molecule has 1 heterocycles. The van der Waals surface area contributed by atoms with E-state index in [1.165, 1.54) is 0 Å². The summed E-state index contributed by atoms with van der Waals surface area (Å²) in [4.78, 5) is 52.6. The van der Waals surface area contributed by atoms with Crippen molar-refractivity contribution < 1.29 is 19.2 Å². The predicted molar refractivity (Wildman–Crippen MR) is 133 cm³/mol. The van der Waals surface area contributed by atoms with Crippen molar-refractivity contribution >= 4 is 29.4 Å². The van der Waals surface area contributed by atoms with Crippen molar-refractivity contribution in [2.24, 2.45) is 0 Å². The summed E-state index contributed by atoms with van der Waals surface area (Å²) < 4.78 is 0. The zero-order chi connectivity index (χ0) is 24.8. The highest BCUT2D eigenvalue weighted by Gasteiger charge is 2.50. The quantitative estimate of drug-likeness (QED) is 0.544. The van der Waals surface area contributed by atoms with Crippen LogP contribution in [0.15, 0.2) is 54.6 Å². The van der Waals surface area contributed by atoms with Crippen molar-refractivity contribution in [3.05, 3.63) is 65.7 Å². The van der Waals surface area contributed by atoms with Crippen LogP contribution in [0.4, 0.5) is 10.5 Å². The zero-order valence-corrected chi connectivity index (χ0v) is 20.0. The molecule has 0 bridgehead atoms. The van der Waals surface area contributed by atoms with Gasteiger partial charge in [-0.05, 0) is 37.5 Å². The molecular weight excluding hydrogens is 444 g/mol. The summed E-state index contributed by atoms with van der Waals surface area (Å²) in [6.45, 7) is 1.49. The Bertz CT molecular complexity index is 1090. The van der Waals surface area contributed by atoms with Gasteiger partial charge in [0, 0.05) is 0 Å². The molecule has 2 aromatic rings. The largest absolute Gasteiger partial charge is 0.345 e. The average Bonchev–Trinajstić information content (AvgIpc) is 3.07. The van der Waals surface area contributed by atoms with Crippen molar-refractivity contribution in [3.63, 3.8) is 0 Å². The lowest BCUT2D eigenvalue weighted by Gasteiger charge is -2.28. The molecule has 1 aliphatic heterocycles. The van der Waals surface area contributed by atoms with Gasteiger partial charge in [0.25, 0.3) is 11.8 Å². The van der Waals surface area contributed by atoms with E-state index in [2.05, 4.69) is 16.0 Å². The maximum Gasteiger partial charge on any atom is 0.325 e. The van der Waals surface area contributed by atoms with Gasteiger partial charge in [-0.1, -0.05) is 74.6 Å². The van der Waals surface area contributed by atoms with E-state index < -0.39 is 24.0 Å². The lowest BCUT2D eigenvalue weighted by molar-refractivity contribution is -0.134. The molecule has 3 N–H and O–H groups in total. The van der Waals surface area contributed by atoms with Gasteiger partial charge in [0.15, 0.2) is 0 Å². The van der Waals surface area contributed by atoms with Crippen LogP contribution in [-0.2, 0) is 9.59 Å². The monoisotopic (exact) mass is 476 g/mol. The maximum absolute atomic E-state index is 13.2. The Hall–Kier alpha value is -3.68. The molecule has 1 aliphatic carbocycles. The molecule has 35 heavy (non-hydrogen) atoms. The fourth-order valence-corrected chi connectivity index (χ4v) is 4.89. The fourth-order valence-electron chi connectivity index (χ4n) is 4.89. The van der Waals surface area contributed by atoms with Crippen LogP contribution in [0.3, 0.4) is 0 Å². The first-order chi connectivity index (χ1) is 16.9.